The van der Waals surface area contributed by atoms with Gasteiger partial charge in [-0.05, 0) is 26.2 Å². The fourth-order valence-electron chi connectivity index (χ4n) is 2.45. The van der Waals surface area contributed by atoms with Crippen molar-refractivity contribution in [1.82, 2.24) is 4.90 Å². The van der Waals surface area contributed by atoms with Crippen LogP contribution < -0.4 is 0 Å². The molecule has 0 radical (unpaired) electrons. The maximum absolute atomic E-state index is 12.0. The van der Waals surface area contributed by atoms with Crippen molar-refractivity contribution in [2.45, 2.75) is 32.3 Å². The maximum Gasteiger partial charge on any atom is 0.307 e. The van der Waals surface area contributed by atoms with Gasteiger partial charge in [-0.2, -0.15) is 0 Å². The summed E-state index contributed by atoms with van der Waals surface area (Å²) in [6.45, 7) is 4.08. The minimum Gasteiger partial charge on any atom is -0.481 e. The Morgan fingerprint density at radius 3 is 2.41 bits per heavy atom. The number of aliphatic carboxylic acids is 1. The lowest BCUT2D eigenvalue weighted by molar-refractivity contribution is -0.142. The Morgan fingerprint density at radius 1 is 1.29 bits per heavy atom. The third-order valence-electron chi connectivity index (χ3n) is 3.58. The minimum atomic E-state index is -0.840. The molecule has 0 bridgehead atoms. The normalized spacial score (nSPS) is 29.1. The van der Waals surface area contributed by atoms with Crippen LogP contribution >= 0.6 is 0 Å². The van der Waals surface area contributed by atoms with E-state index in [2.05, 4.69) is 0 Å². The van der Waals surface area contributed by atoms with Gasteiger partial charge in [0.2, 0.25) is 5.91 Å². The van der Waals surface area contributed by atoms with E-state index in [1.54, 1.807) is 4.90 Å². The van der Waals surface area contributed by atoms with Crippen LogP contribution in [-0.2, 0) is 14.3 Å². The number of carboxylic acids is 1. The van der Waals surface area contributed by atoms with Crippen molar-refractivity contribution in [1.29, 1.82) is 0 Å². The van der Waals surface area contributed by atoms with Crippen LogP contribution in [0.5, 0.6) is 0 Å². The first-order valence-corrected chi connectivity index (χ1v) is 6.26. The lowest BCUT2D eigenvalue weighted by Crippen LogP contribution is -2.42. The second-order valence-electron chi connectivity index (χ2n) is 4.77. The molecule has 1 N–H and O–H groups in total. The first-order chi connectivity index (χ1) is 8.13. The van der Waals surface area contributed by atoms with Gasteiger partial charge in [0, 0.05) is 19.7 Å². The van der Waals surface area contributed by atoms with Crippen LogP contribution in [-0.4, -0.2) is 47.7 Å². The van der Waals surface area contributed by atoms with Gasteiger partial charge in [0.25, 0.3) is 0 Å². The monoisotopic (exact) mass is 241 g/mol. The molecule has 5 heteroatoms. The van der Waals surface area contributed by atoms with Crippen LogP contribution in [0.2, 0.25) is 0 Å². The molecule has 2 rings (SSSR count). The number of ether oxygens (including phenoxy) is 1. The van der Waals surface area contributed by atoms with Crippen molar-refractivity contribution in [3.05, 3.63) is 0 Å². The van der Waals surface area contributed by atoms with Gasteiger partial charge >= 0.3 is 5.97 Å². The van der Waals surface area contributed by atoms with Crippen molar-refractivity contribution < 1.29 is 19.4 Å². The zero-order chi connectivity index (χ0) is 12.4. The summed E-state index contributed by atoms with van der Waals surface area (Å²) < 4.78 is 5.51. The van der Waals surface area contributed by atoms with E-state index in [1.807, 2.05) is 6.92 Å². The SMILES string of the molecule is CCOC1CCN(C(=O)[C@H]2C[C@H]2C(=O)O)CC1. The molecule has 0 spiro atoms. The number of carbonyl (C=O) groups is 2. The van der Waals surface area contributed by atoms with Gasteiger partial charge in [0.1, 0.15) is 0 Å². The molecule has 2 atom stereocenters. The standard InChI is InChI=1S/C12H19NO4/c1-2-17-8-3-5-13(6-4-8)11(14)9-7-10(9)12(15)16/h8-10H,2-7H2,1H3,(H,15,16)/t9-,10+/m0/s1. The highest BCUT2D eigenvalue weighted by Crippen LogP contribution is 2.40. The molecule has 2 aliphatic rings. The van der Waals surface area contributed by atoms with E-state index in [9.17, 15) is 9.59 Å². The molecule has 17 heavy (non-hydrogen) atoms. The molecule has 1 heterocycles. The van der Waals surface area contributed by atoms with E-state index >= 15 is 0 Å². The molecule has 96 valence electrons. The third kappa shape index (κ3) is 2.77. The first-order valence-electron chi connectivity index (χ1n) is 6.26. The van der Waals surface area contributed by atoms with Crippen molar-refractivity contribution in [2.75, 3.05) is 19.7 Å². The topological polar surface area (TPSA) is 66.8 Å². The Morgan fingerprint density at radius 2 is 1.94 bits per heavy atom. The third-order valence-corrected chi connectivity index (χ3v) is 3.58. The lowest BCUT2D eigenvalue weighted by Gasteiger charge is -2.32. The van der Waals surface area contributed by atoms with Gasteiger partial charge in [-0.15, -0.1) is 0 Å². The number of hydrogen-bond acceptors (Lipinski definition) is 3. The van der Waals surface area contributed by atoms with Crippen LogP contribution in [0.15, 0.2) is 0 Å². The summed E-state index contributed by atoms with van der Waals surface area (Å²) >= 11 is 0. The highest BCUT2D eigenvalue weighted by atomic mass is 16.5. The average molecular weight is 241 g/mol. The van der Waals surface area contributed by atoms with Gasteiger partial charge in [-0.25, -0.2) is 0 Å². The Bertz CT molecular complexity index is 310. The zero-order valence-electron chi connectivity index (χ0n) is 10.1. The summed E-state index contributed by atoms with van der Waals surface area (Å²) in [5, 5.41) is 8.79. The molecule has 0 unspecified atom stereocenters. The van der Waals surface area contributed by atoms with E-state index in [0.29, 0.717) is 26.1 Å². The fraction of sp³-hybridized carbons (Fsp3) is 0.833. The van der Waals surface area contributed by atoms with Gasteiger partial charge in [-0.1, -0.05) is 0 Å². The highest BCUT2D eigenvalue weighted by Gasteiger charge is 2.50. The molecule has 1 saturated heterocycles. The highest BCUT2D eigenvalue weighted by molar-refractivity contribution is 5.89. The minimum absolute atomic E-state index is 0.0207. The number of carbonyl (C=O) groups excluding carboxylic acids is 1. The molecular formula is C12H19NO4. The number of carboxylic acid groups (broad SMARTS) is 1. The van der Waals surface area contributed by atoms with E-state index in [4.69, 9.17) is 9.84 Å². The van der Waals surface area contributed by atoms with Gasteiger partial charge in [0.05, 0.1) is 17.9 Å². The summed E-state index contributed by atoms with van der Waals surface area (Å²) in [6.07, 6.45) is 2.51. The summed E-state index contributed by atoms with van der Waals surface area (Å²) in [5.74, 6) is -1.52. The molecule has 1 amide bonds. The predicted octanol–water partition coefficient (Wildman–Crippen LogP) is 0.735. The Kier molecular flexibility index (Phi) is 3.66. The molecule has 2 fully saturated rings. The second kappa shape index (κ2) is 5.04. The fourth-order valence-corrected chi connectivity index (χ4v) is 2.45. The molecular weight excluding hydrogens is 222 g/mol. The molecule has 1 aliphatic carbocycles. The van der Waals surface area contributed by atoms with Crippen LogP contribution in [0, 0.1) is 11.8 Å². The van der Waals surface area contributed by atoms with Gasteiger partial charge in [-0.3, -0.25) is 9.59 Å². The summed E-state index contributed by atoms with van der Waals surface area (Å²) in [5.41, 5.74) is 0. The first kappa shape index (κ1) is 12.4. The average Bonchev–Trinajstić information content (AvgIpc) is 3.09. The van der Waals surface area contributed by atoms with Crippen LogP contribution in [0.25, 0.3) is 0 Å². The molecule has 1 saturated carbocycles. The summed E-state index contributed by atoms with van der Waals surface area (Å²) in [4.78, 5) is 24.5. The quantitative estimate of drug-likeness (QED) is 0.788. The van der Waals surface area contributed by atoms with E-state index in [-0.39, 0.29) is 17.9 Å². The van der Waals surface area contributed by atoms with E-state index in [0.717, 1.165) is 12.8 Å². The number of amides is 1. The second-order valence-corrected chi connectivity index (χ2v) is 4.77. The number of nitrogens with zero attached hydrogens (tertiary/aromatic N) is 1. The number of piperidine rings is 1. The molecule has 0 aromatic heterocycles. The van der Waals surface area contributed by atoms with E-state index < -0.39 is 11.9 Å². The van der Waals surface area contributed by atoms with Crippen LogP contribution in [0.1, 0.15) is 26.2 Å². The van der Waals surface area contributed by atoms with Crippen LogP contribution in [0.3, 0.4) is 0 Å². The number of hydrogen-bond donors (Lipinski definition) is 1. The Hall–Kier alpha value is -1.10. The maximum atomic E-state index is 12.0. The summed E-state index contributed by atoms with van der Waals surface area (Å²) in [7, 11) is 0. The van der Waals surface area contributed by atoms with Crippen LogP contribution in [0.4, 0.5) is 0 Å². The van der Waals surface area contributed by atoms with Crippen molar-refractivity contribution >= 4 is 11.9 Å². The Labute approximate surface area is 101 Å². The molecule has 0 aromatic carbocycles. The summed E-state index contributed by atoms with van der Waals surface area (Å²) in [6, 6.07) is 0. The van der Waals surface area contributed by atoms with E-state index in [1.165, 1.54) is 0 Å². The number of likely N-dealkylation sites (tertiary alicyclic amines) is 1. The molecule has 1 aliphatic heterocycles. The lowest BCUT2D eigenvalue weighted by atomic mass is 10.1. The largest absolute Gasteiger partial charge is 0.481 e. The zero-order valence-corrected chi connectivity index (χ0v) is 10.1. The van der Waals surface area contributed by atoms with Gasteiger partial charge < -0.3 is 14.7 Å². The van der Waals surface area contributed by atoms with Gasteiger partial charge in [0.15, 0.2) is 0 Å². The van der Waals surface area contributed by atoms with Crippen molar-refractivity contribution in [3.63, 3.8) is 0 Å². The van der Waals surface area contributed by atoms with Crippen molar-refractivity contribution in [3.8, 4) is 0 Å². The molecule has 0 aromatic rings. The Balaban J connectivity index is 1.78. The smallest absolute Gasteiger partial charge is 0.307 e. The predicted molar refractivity (Wildman–Crippen MR) is 60.5 cm³/mol. The number of rotatable bonds is 4. The van der Waals surface area contributed by atoms with Crippen molar-refractivity contribution in [2.24, 2.45) is 11.8 Å². The molecule has 5 nitrogen and oxygen atoms in total.